The topological polar surface area (TPSA) is 100 Å². The number of amides is 1. The van der Waals surface area contributed by atoms with Crippen LogP contribution in [0.15, 0.2) is 6.20 Å². The molecule has 2 heterocycles. The summed E-state index contributed by atoms with van der Waals surface area (Å²) in [5.41, 5.74) is -0.160. The molecule has 1 amide bonds. The number of aromatic nitrogens is 3. The summed E-state index contributed by atoms with van der Waals surface area (Å²) in [7, 11) is 2.08. The van der Waals surface area contributed by atoms with E-state index in [1.807, 2.05) is 0 Å². The second-order valence-electron chi connectivity index (χ2n) is 5.18. The lowest BCUT2D eigenvalue weighted by molar-refractivity contribution is -0.122. The zero-order chi connectivity index (χ0) is 14.5. The summed E-state index contributed by atoms with van der Waals surface area (Å²) in [5, 5.41) is 18.6. The highest BCUT2D eigenvalue weighted by Crippen LogP contribution is 2.13. The second-order valence-corrected chi connectivity index (χ2v) is 5.18. The van der Waals surface area contributed by atoms with Gasteiger partial charge in [0.1, 0.15) is 6.54 Å². The molecule has 0 aromatic carbocycles. The van der Waals surface area contributed by atoms with Crippen LogP contribution >= 0.6 is 0 Å². The van der Waals surface area contributed by atoms with Gasteiger partial charge < -0.3 is 15.3 Å². The molecule has 0 aliphatic carbocycles. The third-order valence-electron chi connectivity index (χ3n) is 3.37. The van der Waals surface area contributed by atoms with Gasteiger partial charge in [0.15, 0.2) is 5.69 Å². The largest absolute Gasteiger partial charge is 0.476 e. The van der Waals surface area contributed by atoms with Crippen LogP contribution in [-0.2, 0) is 11.3 Å². The molecule has 20 heavy (non-hydrogen) atoms. The van der Waals surface area contributed by atoms with Gasteiger partial charge in [-0.25, -0.2) is 9.48 Å². The molecule has 2 rings (SSSR count). The number of aromatic carboxylic acids is 1. The Hall–Kier alpha value is -1.96. The number of piperidine rings is 1. The first-order valence-electron chi connectivity index (χ1n) is 6.63. The molecule has 0 spiro atoms. The van der Waals surface area contributed by atoms with E-state index in [9.17, 15) is 9.59 Å². The number of carboxylic acid groups (broad SMARTS) is 1. The van der Waals surface area contributed by atoms with Crippen molar-refractivity contribution in [1.82, 2.24) is 25.2 Å². The smallest absolute Gasteiger partial charge is 0.358 e. The highest BCUT2D eigenvalue weighted by Gasteiger charge is 2.18. The first kappa shape index (κ1) is 14.4. The summed E-state index contributed by atoms with van der Waals surface area (Å²) in [6.45, 7) is 2.74. The highest BCUT2D eigenvalue weighted by molar-refractivity contribution is 5.84. The van der Waals surface area contributed by atoms with Crippen LogP contribution < -0.4 is 5.32 Å². The van der Waals surface area contributed by atoms with E-state index in [-0.39, 0.29) is 18.1 Å². The van der Waals surface area contributed by atoms with Crippen LogP contribution in [0.2, 0.25) is 0 Å². The van der Waals surface area contributed by atoms with Crippen LogP contribution in [0.5, 0.6) is 0 Å². The van der Waals surface area contributed by atoms with Crippen LogP contribution in [-0.4, -0.2) is 63.6 Å². The third-order valence-corrected chi connectivity index (χ3v) is 3.37. The lowest BCUT2D eigenvalue weighted by atomic mass is 9.98. The lowest BCUT2D eigenvalue weighted by Crippen LogP contribution is -2.40. The average Bonchev–Trinajstić information content (AvgIpc) is 2.85. The summed E-state index contributed by atoms with van der Waals surface area (Å²) in [6, 6.07) is 0. The normalized spacial score (nSPS) is 19.8. The number of hydrogen-bond donors (Lipinski definition) is 2. The second kappa shape index (κ2) is 6.47. The van der Waals surface area contributed by atoms with E-state index in [0.29, 0.717) is 12.5 Å². The zero-order valence-electron chi connectivity index (χ0n) is 11.4. The number of rotatable bonds is 5. The van der Waals surface area contributed by atoms with Crippen LogP contribution in [0.3, 0.4) is 0 Å². The van der Waals surface area contributed by atoms with Crippen molar-refractivity contribution < 1.29 is 14.7 Å². The molecule has 2 N–H and O–H groups in total. The minimum atomic E-state index is -1.15. The van der Waals surface area contributed by atoms with E-state index < -0.39 is 5.97 Å². The Kier molecular flexibility index (Phi) is 4.67. The first-order chi connectivity index (χ1) is 9.54. The van der Waals surface area contributed by atoms with Crippen molar-refractivity contribution in [1.29, 1.82) is 0 Å². The monoisotopic (exact) mass is 281 g/mol. The van der Waals surface area contributed by atoms with Gasteiger partial charge in [0.2, 0.25) is 5.91 Å². The van der Waals surface area contributed by atoms with Crippen LogP contribution in [0.4, 0.5) is 0 Å². The molecule has 0 radical (unpaired) electrons. The fraction of sp³-hybridized carbons (Fsp3) is 0.667. The maximum atomic E-state index is 11.8. The molecule has 1 atom stereocenters. The Bertz CT molecular complexity index is 487. The maximum Gasteiger partial charge on any atom is 0.358 e. The van der Waals surface area contributed by atoms with E-state index in [0.717, 1.165) is 25.9 Å². The van der Waals surface area contributed by atoms with Gasteiger partial charge >= 0.3 is 5.97 Å². The number of carbonyl (C=O) groups excluding carboxylic acids is 1. The fourth-order valence-electron chi connectivity index (χ4n) is 2.37. The summed E-state index contributed by atoms with van der Waals surface area (Å²) in [6.07, 6.45) is 3.52. The summed E-state index contributed by atoms with van der Waals surface area (Å²) >= 11 is 0. The third kappa shape index (κ3) is 4.02. The molecule has 1 unspecified atom stereocenters. The number of likely N-dealkylation sites (tertiary alicyclic amines) is 1. The van der Waals surface area contributed by atoms with Crippen LogP contribution in [0.1, 0.15) is 23.3 Å². The zero-order valence-corrected chi connectivity index (χ0v) is 11.4. The molecule has 110 valence electrons. The maximum absolute atomic E-state index is 11.8. The predicted octanol–water partition coefficient (Wildman–Crippen LogP) is -0.566. The van der Waals surface area contributed by atoms with Gasteiger partial charge in [-0.15, -0.1) is 5.10 Å². The first-order valence-corrected chi connectivity index (χ1v) is 6.63. The predicted molar refractivity (Wildman–Crippen MR) is 70.2 cm³/mol. The number of nitrogens with one attached hydrogen (secondary N) is 1. The highest BCUT2D eigenvalue weighted by atomic mass is 16.4. The number of hydrogen-bond acceptors (Lipinski definition) is 5. The van der Waals surface area contributed by atoms with Crippen molar-refractivity contribution in [3.05, 3.63) is 11.9 Å². The van der Waals surface area contributed by atoms with E-state index in [2.05, 4.69) is 27.6 Å². The molecule has 1 saturated heterocycles. The molecule has 1 aliphatic heterocycles. The van der Waals surface area contributed by atoms with Gasteiger partial charge in [0.25, 0.3) is 0 Å². The molecule has 8 nitrogen and oxygen atoms in total. The summed E-state index contributed by atoms with van der Waals surface area (Å²) < 4.78 is 1.23. The standard InChI is InChI=1S/C12H19N5O3/c1-16-4-2-3-9(6-16)5-13-11(18)8-17-7-10(12(19)20)14-15-17/h7,9H,2-6,8H2,1H3,(H,13,18)(H,19,20). The van der Waals surface area contributed by atoms with Crippen molar-refractivity contribution in [3.63, 3.8) is 0 Å². The minimum Gasteiger partial charge on any atom is -0.476 e. The SMILES string of the molecule is CN1CCCC(CNC(=O)Cn2cc(C(=O)O)nn2)C1. The number of nitrogens with zero attached hydrogens (tertiary/aromatic N) is 4. The number of carbonyl (C=O) groups is 2. The number of carboxylic acids is 1. The van der Waals surface area contributed by atoms with Gasteiger partial charge in [0, 0.05) is 13.1 Å². The van der Waals surface area contributed by atoms with Gasteiger partial charge in [-0.1, -0.05) is 5.21 Å². The molecule has 1 aromatic rings. The Morgan fingerprint density at radius 2 is 2.35 bits per heavy atom. The Morgan fingerprint density at radius 1 is 1.55 bits per heavy atom. The molecular formula is C12H19N5O3. The van der Waals surface area contributed by atoms with Gasteiger partial charge in [-0.3, -0.25) is 4.79 Å². The van der Waals surface area contributed by atoms with Gasteiger partial charge in [-0.05, 0) is 32.4 Å². The van der Waals surface area contributed by atoms with Crippen molar-refractivity contribution in [2.45, 2.75) is 19.4 Å². The summed E-state index contributed by atoms with van der Waals surface area (Å²) in [5.74, 6) is -0.856. The summed E-state index contributed by atoms with van der Waals surface area (Å²) in [4.78, 5) is 24.7. The molecule has 0 bridgehead atoms. The average molecular weight is 281 g/mol. The molecule has 1 aromatic heterocycles. The Balaban J connectivity index is 1.75. The van der Waals surface area contributed by atoms with Crippen molar-refractivity contribution in [2.75, 3.05) is 26.7 Å². The Morgan fingerprint density at radius 3 is 3.00 bits per heavy atom. The van der Waals surface area contributed by atoms with Crippen LogP contribution in [0, 0.1) is 5.92 Å². The van der Waals surface area contributed by atoms with E-state index in [1.165, 1.54) is 10.9 Å². The molecular weight excluding hydrogens is 262 g/mol. The van der Waals surface area contributed by atoms with Crippen molar-refractivity contribution in [2.24, 2.45) is 5.92 Å². The molecule has 8 heteroatoms. The quantitative estimate of drug-likeness (QED) is 0.750. The lowest BCUT2D eigenvalue weighted by Gasteiger charge is -2.29. The van der Waals surface area contributed by atoms with Gasteiger partial charge in [0.05, 0.1) is 6.20 Å². The minimum absolute atomic E-state index is 0.0111. The fourth-order valence-corrected chi connectivity index (χ4v) is 2.37. The van der Waals surface area contributed by atoms with Crippen molar-refractivity contribution in [3.8, 4) is 0 Å². The molecule has 0 saturated carbocycles. The van der Waals surface area contributed by atoms with Gasteiger partial charge in [-0.2, -0.15) is 0 Å². The van der Waals surface area contributed by atoms with E-state index in [4.69, 9.17) is 5.11 Å². The van der Waals surface area contributed by atoms with E-state index >= 15 is 0 Å². The molecule has 1 aliphatic rings. The molecule has 1 fully saturated rings. The van der Waals surface area contributed by atoms with E-state index in [1.54, 1.807) is 0 Å². The van der Waals surface area contributed by atoms with Crippen LogP contribution in [0.25, 0.3) is 0 Å². The van der Waals surface area contributed by atoms with Crippen molar-refractivity contribution >= 4 is 11.9 Å². The Labute approximate surface area is 116 Å².